The minimum absolute atomic E-state index is 0.211. The van der Waals surface area contributed by atoms with Crippen LogP contribution in [0, 0.1) is 5.41 Å². The van der Waals surface area contributed by atoms with Crippen LogP contribution in [0.5, 0.6) is 5.75 Å². The van der Waals surface area contributed by atoms with Crippen LogP contribution in [-0.2, 0) is 31.2 Å². The number of benzene rings is 2. The van der Waals surface area contributed by atoms with Gasteiger partial charge in [0.2, 0.25) is 5.79 Å². The highest BCUT2D eigenvalue weighted by Gasteiger charge is 2.69. The molecule has 4 rings (SSSR count). The summed E-state index contributed by atoms with van der Waals surface area (Å²) in [6.07, 6.45) is -5.27. The molecule has 1 unspecified atom stereocenters. The van der Waals surface area contributed by atoms with Gasteiger partial charge in [-0.2, -0.15) is 0 Å². The lowest BCUT2D eigenvalue weighted by molar-refractivity contribution is -0.337. The SMILES string of the molecule is CCOc1ccc(Cc2cc([C@]34OC[C@@](C(C)OC(=O)C(C)(C)C)(O3)[C@@H](O)[C@H](O)[C@H]4O)ccc2Cl)cc1. The molecule has 2 heterocycles. The first kappa shape index (κ1) is 27.8. The minimum Gasteiger partial charge on any atom is -0.494 e. The molecule has 37 heavy (non-hydrogen) atoms. The van der Waals surface area contributed by atoms with Gasteiger partial charge in [-0.15, -0.1) is 0 Å². The molecule has 2 aromatic carbocycles. The van der Waals surface area contributed by atoms with Gasteiger partial charge in [-0.3, -0.25) is 4.79 Å². The summed E-state index contributed by atoms with van der Waals surface area (Å²) in [6.45, 7) is 9.01. The Bertz CT molecular complexity index is 1130. The maximum Gasteiger partial charge on any atom is 0.311 e. The van der Waals surface area contributed by atoms with Crippen molar-refractivity contribution in [1.29, 1.82) is 0 Å². The predicted molar refractivity (Wildman–Crippen MR) is 136 cm³/mol. The first-order valence-electron chi connectivity index (χ1n) is 12.4. The molecule has 0 saturated carbocycles. The molecule has 0 spiro atoms. The van der Waals surface area contributed by atoms with Gasteiger partial charge >= 0.3 is 5.97 Å². The maximum absolute atomic E-state index is 12.6. The number of aliphatic hydroxyl groups excluding tert-OH is 3. The second-order valence-corrected chi connectivity index (χ2v) is 11.2. The molecule has 0 amide bonds. The molecule has 6 atom stereocenters. The summed E-state index contributed by atoms with van der Waals surface area (Å²) in [5.74, 6) is -1.51. The van der Waals surface area contributed by atoms with E-state index in [0.717, 1.165) is 16.9 Å². The van der Waals surface area contributed by atoms with E-state index in [-0.39, 0.29) is 6.61 Å². The third-order valence-electron chi connectivity index (χ3n) is 7.05. The zero-order valence-corrected chi connectivity index (χ0v) is 22.5. The van der Waals surface area contributed by atoms with E-state index in [1.807, 2.05) is 31.2 Å². The van der Waals surface area contributed by atoms with E-state index >= 15 is 0 Å². The summed E-state index contributed by atoms with van der Waals surface area (Å²) in [6, 6.07) is 12.7. The summed E-state index contributed by atoms with van der Waals surface area (Å²) in [7, 11) is 0. The Labute approximate surface area is 222 Å². The van der Waals surface area contributed by atoms with Crippen molar-refractivity contribution >= 4 is 17.6 Å². The van der Waals surface area contributed by atoms with Crippen molar-refractivity contribution in [3.05, 3.63) is 64.2 Å². The van der Waals surface area contributed by atoms with Crippen LogP contribution in [0.3, 0.4) is 0 Å². The fourth-order valence-electron chi connectivity index (χ4n) is 4.75. The monoisotopic (exact) mass is 534 g/mol. The Morgan fingerprint density at radius 2 is 1.81 bits per heavy atom. The summed E-state index contributed by atoms with van der Waals surface area (Å²) in [5, 5.41) is 33.4. The second kappa shape index (κ2) is 10.2. The molecule has 2 fully saturated rings. The molecule has 2 aliphatic rings. The number of carbonyl (C=O) groups excluding carboxylic acids is 1. The molecule has 9 heteroatoms. The number of halogens is 1. The molecule has 2 bridgehead atoms. The standard InChI is InChI=1S/C28H35ClO8/c1-6-34-20-10-7-17(8-11-20)13-18-14-19(9-12-21(18)29)28-24(32)22(30)23(31)27(37-28,15-35-28)16(2)36-25(33)26(3,4)5/h7-12,14,16,22-24,30-32H,6,13,15H2,1-5H3/t16?,22-,23-,24+,27-,28-/m0/s1. The van der Waals surface area contributed by atoms with E-state index in [9.17, 15) is 20.1 Å². The van der Waals surface area contributed by atoms with Crippen LogP contribution in [0.4, 0.5) is 0 Å². The average Bonchev–Trinajstić information content (AvgIpc) is 3.24. The summed E-state index contributed by atoms with van der Waals surface area (Å²) in [5.41, 5.74) is -0.209. The third-order valence-corrected chi connectivity index (χ3v) is 7.42. The van der Waals surface area contributed by atoms with Crippen molar-refractivity contribution in [2.45, 2.75) is 76.8 Å². The van der Waals surface area contributed by atoms with Crippen LogP contribution in [0.15, 0.2) is 42.5 Å². The molecule has 2 aliphatic heterocycles. The summed E-state index contributed by atoms with van der Waals surface area (Å²) >= 11 is 6.52. The number of carbonyl (C=O) groups is 1. The number of hydrogen-bond donors (Lipinski definition) is 3. The quantitative estimate of drug-likeness (QED) is 0.463. The van der Waals surface area contributed by atoms with Gasteiger partial charge in [0.05, 0.1) is 18.6 Å². The van der Waals surface area contributed by atoms with Crippen molar-refractivity contribution in [3.63, 3.8) is 0 Å². The van der Waals surface area contributed by atoms with Crippen LogP contribution >= 0.6 is 11.6 Å². The smallest absolute Gasteiger partial charge is 0.311 e. The van der Waals surface area contributed by atoms with Gasteiger partial charge in [-0.25, -0.2) is 0 Å². The van der Waals surface area contributed by atoms with Crippen LogP contribution < -0.4 is 4.74 Å². The van der Waals surface area contributed by atoms with Crippen molar-refractivity contribution in [1.82, 2.24) is 0 Å². The van der Waals surface area contributed by atoms with Crippen LogP contribution in [0.25, 0.3) is 0 Å². The molecule has 2 aromatic rings. The lowest BCUT2D eigenvalue weighted by atomic mass is 9.80. The van der Waals surface area contributed by atoms with Gasteiger partial charge in [-0.05, 0) is 76.4 Å². The van der Waals surface area contributed by atoms with Gasteiger partial charge in [-0.1, -0.05) is 29.8 Å². The van der Waals surface area contributed by atoms with Crippen molar-refractivity contribution < 1.29 is 39.1 Å². The number of hydrogen-bond acceptors (Lipinski definition) is 8. The maximum atomic E-state index is 12.6. The fraction of sp³-hybridized carbons (Fsp3) is 0.536. The predicted octanol–water partition coefficient (Wildman–Crippen LogP) is 3.34. The fourth-order valence-corrected chi connectivity index (χ4v) is 4.93. The average molecular weight is 535 g/mol. The van der Waals surface area contributed by atoms with Gasteiger partial charge in [0, 0.05) is 10.6 Å². The van der Waals surface area contributed by atoms with E-state index in [1.165, 1.54) is 0 Å². The topological polar surface area (TPSA) is 115 Å². The van der Waals surface area contributed by atoms with Gasteiger partial charge in [0.15, 0.2) is 5.60 Å². The van der Waals surface area contributed by atoms with E-state index in [1.54, 1.807) is 45.9 Å². The number of fused-ring (bicyclic) bond motifs is 2. The van der Waals surface area contributed by atoms with Crippen molar-refractivity contribution in [2.24, 2.45) is 5.41 Å². The summed E-state index contributed by atoms with van der Waals surface area (Å²) in [4.78, 5) is 12.6. The lowest BCUT2D eigenvalue weighted by Gasteiger charge is -2.48. The van der Waals surface area contributed by atoms with Crippen LogP contribution in [0.2, 0.25) is 5.02 Å². The summed E-state index contributed by atoms with van der Waals surface area (Å²) < 4.78 is 23.5. The van der Waals surface area contributed by atoms with Gasteiger partial charge in [0.1, 0.15) is 30.2 Å². The molecule has 0 aliphatic carbocycles. The number of aliphatic hydroxyl groups is 3. The normalized spacial score (nSPS) is 30.1. The van der Waals surface area contributed by atoms with E-state index in [4.69, 9.17) is 30.5 Å². The molecule has 3 N–H and O–H groups in total. The number of ether oxygens (including phenoxy) is 4. The molecule has 2 saturated heterocycles. The minimum atomic E-state index is -1.79. The Morgan fingerprint density at radius 1 is 1.14 bits per heavy atom. The Balaban J connectivity index is 1.66. The second-order valence-electron chi connectivity index (χ2n) is 10.8. The Kier molecular flexibility index (Phi) is 7.65. The lowest BCUT2D eigenvalue weighted by Crippen LogP contribution is -2.68. The Morgan fingerprint density at radius 3 is 2.43 bits per heavy atom. The molecular formula is C28H35ClO8. The first-order valence-corrected chi connectivity index (χ1v) is 12.8. The highest BCUT2D eigenvalue weighted by Crippen LogP contribution is 2.52. The van der Waals surface area contributed by atoms with Crippen LogP contribution in [-0.4, -0.2) is 64.5 Å². The van der Waals surface area contributed by atoms with E-state index in [2.05, 4.69) is 0 Å². The molecule has 202 valence electrons. The molecule has 8 nitrogen and oxygen atoms in total. The number of rotatable bonds is 7. The highest BCUT2D eigenvalue weighted by molar-refractivity contribution is 6.31. The van der Waals surface area contributed by atoms with Crippen LogP contribution in [0.1, 0.15) is 51.3 Å². The largest absolute Gasteiger partial charge is 0.494 e. The van der Waals surface area contributed by atoms with Crippen molar-refractivity contribution in [3.8, 4) is 5.75 Å². The zero-order valence-electron chi connectivity index (χ0n) is 21.7. The van der Waals surface area contributed by atoms with Gasteiger partial charge < -0.3 is 34.3 Å². The number of esters is 1. The van der Waals surface area contributed by atoms with E-state index in [0.29, 0.717) is 23.6 Å². The molecule has 0 aromatic heterocycles. The third kappa shape index (κ3) is 4.99. The highest BCUT2D eigenvalue weighted by atomic mass is 35.5. The molecular weight excluding hydrogens is 500 g/mol. The van der Waals surface area contributed by atoms with Gasteiger partial charge in [0.25, 0.3) is 0 Å². The first-order chi connectivity index (χ1) is 17.3. The van der Waals surface area contributed by atoms with E-state index < -0.39 is 47.2 Å². The Hall–Kier alpha value is -2.20. The van der Waals surface area contributed by atoms with Crippen molar-refractivity contribution in [2.75, 3.05) is 13.2 Å². The zero-order chi connectivity index (χ0) is 27.2. The molecule has 0 radical (unpaired) electrons.